The van der Waals surface area contributed by atoms with Crippen LogP contribution in [-0.2, 0) is 16.1 Å². The fraction of sp³-hybridized carbons (Fsp3) is 0.667. The Morgan fingerprint density at radius 3 is 3.00 bits per heavy atom. The van der Waals surface area contributed by atoms with Crippen LogP contribution in [0, 0.1) is 5.41 Å². The highest BCUT2D eigenvalue weighted by molar-refractivity contribution is 7.07. The van der Waals surface area contributed by atoms with E-state index in [1.54, 1.807) is 12.6 Å². The number of rotatable bonds is 5. The number of methoxy groups -OCH3 is 1. The standard InChI is InChI=1S/C12H19N3O2S/c1-17-8-12(2-4-13-5-3-12)11(16)14-6-10-7-18-9-15-10/h7,9,13H,2-6,8H2,1H3,(H,14,16). The molecule has 1 amide bonds. The van der Waals surface area contributed by atoms with E-state index >= 15 is 0 Å². The first-order valence-corrected chi connectivity index (χ1v) is 7.06. The molecule has 0 bridgehead atoms. The van der Waals surface area contributed by atoms with Crippen LogP contribution in [0.2, 0.25) is 0 Å². The third-order valence-electron chi connectivity index (χ3n) is 3.38. The molecule has 1 saturated heterocycles. The molecule has 0 unspecified atom stereocenters. The largest absolute Gasteiger partial charge is 0.384 e. The smallest absolute Gasteiger partial charge is 0.228 e. The van der Waals surface area contributed by atoms with Crippen molar-refractivity contribution < 1.29 is 9.53 Å². The Labute approximate surface area is 111 Å². The van der Waals surface area contributed by atoms with Gasteiger partial charge >= 0.3 is 0 Å². The van der Waals surface area contributed by atoms with Crippen LogP contribution in [0.25, 0.3) is 0 Å². The first-order valence-electron chi connectivity index (χ1n) is 6.12. The summed E-state index contributed by atoms with van der Waals surface area (Å²) in [5.74, 6) is 0.0823. The molecule has 100 valence electrons. The maximum atomic E-state index is 12.4. The third kappa shape index (κ3) is 3.07. The van der Waals surface area contributed by atoms with Crippen LogP contribution < -0.4 is 10.6 Å². The summed E-state index contributed by atoms with van der Waals surface area (Å²) in [7, 11) is 1.65. The number of nitrogens with zero attached hydrogens (tertiary/aromatic N) is 1. The minimum atomic E-state index is -0.379. The van der Waals surface area contributed by atoms with E-state index in [0.29, 0.717) is 13.2 Å². The van der Waals surface area contributed by atoms with E-state index in [1.165, 1.54) is 11.3 Å². The molecule has 2 N–H and O–H groups in total. The number of carbonyl (C=O) groups is 1. The van der Waals surface area contributed by atoms with Gasteiger partial charge in [0, 0.05) is 12.5 Å². The topological polar surface area (TPSA) is 63.2 Å². The molecule has 1 aliphatic rings. The van der Waals surface area contributed by atoms with E-state index < -0.39 is 0 Å². The van der Waals surface area contributed by atoms with E-state index in [9.17, 15) is 4.79 Å². The number of hydrogen-bond donors (Lipinski definition) is 2. The third-order valence-corrected chi connectivity index (χ3v) is 4.01. The summed E-state index contributed by atoms with van der Waals surface area (Å²) >= 11 is 1.54. The second kappa shape index (κ2) is 6.26. The molecule has 2 heterocycles. The highest BCUT2D eigenvalue weighted by atomic mass is 32.1. The fourth-order valence-electron chi connectivity index (χ4n) is 2.30. The Balaban J connectivity index is 1.95. The van der Waals surface area contributed by atoms with Crippen LogP contribution >= 0.6 is 11.3 Å². The zero-order chi connectivity index (χ0) is 12.8. The van der Waals surface area contributed by atoms with Gasteiger partial charge in [0.2, 0.25) is 5.91 Å². The van der Waals surface area contributed by atoms with Gasteiger partial charge in [0.05, 0.1) is 29.8 Å². The molecular formula is C12H19N3O2S. The van der Waals surface area contributed by atoms with Crippen LogP contribution in [-0.4, -0.2) is 37.7 Å². The summed E-state index contributed by atoms with van der Waals surface area (Å²) in [4.78, 5) is 16.5. The van der Waals surface area contributed by atoms with Gasteiger partial charge in [0.1, 0.15) is 0 Å². The van der Waals surface area contributed by atoms with E-state index in [0.717, 1.165) is 31.6 Å². The average molecular weight is 269 g/mol. The normalized spacial score (nSPS) is 18.5. The summed E-state index contributed by atoms with van der Waals surface area (Å²) < 4.78 is 5.24. The van der Waals surface area contributed by atoms with Crippen molar-refractivity contribution in [2.75, 3.05) is 26.8 Å². The number of carbonyl (C=O) groups excluding carboxylic acids is 1. The Kier molecular flexibility index (Phi) is 4.68. The van der Waals surface area contributed by atoms with Gasteiger partial charge in [-0.15, -0.1) is 11.3 Å². The van der Waals surface area contributed by atoms with Crippen LogP contribution in [0.4, 0.5) is 0 Å². The van der Waals surface area contributed by atoms with Gasteiger partial charge in [-0.2, -0.15) is 0 Å². The predicted molar refractivity (Wildman–Crippen MR) is 70.4 cm³/mol. The molecule has 1 aromatic heterocycles. The SMILES string of the molecule is COCC1(C(=O)NCc2cscn2)CCNCC1. The number of ether oxygens (including phenoxy) is 1. The number of nitrogens with one attached hydrogen (secondary N) is 2. The number of hydrogen-bond acceptors (Lipinski definition) is 5. The van der Waals surface area contributed by atoms with Gasteiger partial charge in [-0.3, -0.25) is 4.79 Å². The molecule has 0 atom stereocenters. The zero-order valence-corrected chi connectivity index (χ0v) is 11.4. The molecule has 2 rings (SSSR count). The van der Waals surface area contributed by atoms with Crippen LogP contribution in [0.3, 0.4) is 0 Å². The van der Waals surface area contributed by atoms with Gasteiger partial charge in [0.15, 0.2) is 0 Å². The number of piperidine rings is 1. The molecule has 6 heteroatoms. The Morgan fingerprint density at radius 1 is 1.61 bits per heavy atom. The molecule has 0 aromatic carbocycles. The fourth-order valence-corrected chi connectivity index (χ4v) is 2.86. The lowest BCUT2D eigenvalue weighted by molar-refractivity contribution is -0.136. The van der Waals surface area contributed by atoms with Crippen molar-refractivity contribution in [3.05, 3.63) is 16.6 Å². The van der Waals surface area contributed by atoms with Crippen molar-refractivity contribution >= 4 is 17.2 Å². The van der Waals surface area contributed by atoms with Crippen molar-refractivity contribution in [1.82, 2.24) is 15.6 Å². The Morgan fingerprint density at radius 2 is 2.39 bits per heavy atom. The van der Waals surface area contributed by atoms with Crippen molar-refractivity contribution in [3.8, 4) is 0 Å². The lowest BCUT2D eigenvalue weighted by Crippen LogP contribution is -2.50. The predicted octanol–water partition coefficient (Wildman–Crippen LogP) is 0.775. The van der Waals surface area contributed by atoms with Gasteiger partial charge in [-0.25, -0.2) is 4.98 Å². The summed E-state index contributed by atoms with van der Waals surface area (Å²) in [6.45, 7) is 2.72. The molecule has 0 aliphatic carbocycles. The lowest BCUT2D eigenvalue weighted by atomic mass is 9.78. The number of thiazole rings is 1. The first kappa shape index (κ1) is 13.5. The molecule has 1 fully saturated rings. The number of aromatic nitrogens is 1. The van der Waals surface area contributed by atoms with E-state index in [1.807, 2.05) is 5.38 Å². The van der Waals surface area contributed by atoms with Gasteiger partial charge in [-0.05, 0) is 25.9 Å². The van der Waals surface area contributed by atoms with E-state index in [2.05, 4.69) is 15.6 Å². The van der Waals surface area contributed by atoms with E-state index in [-0.39, 0.29) is 11.3 Å². The summed E-state index contributed by atoms with van der Waals surface area (Å²) in [5, 5.41) is 8.20. The van der Waals surface area contributed by atoms with Crippen molar-refractivity contribution in [1.29, 1.82) is 0 Å². The second-order valence-electron chi connectivity index (χ2n) is 4.63. The van der Waals surface area contributed by atoms with Gasteiger partial charge in [0.25, 0.3) is 0 Å². The van der Waals surface area contributed by atoms with E-state index in [4.69, 9.17) is 4.74 Å². The molecule has 5 nitrogen and oxygen atoms in total. The molecule has 18 heavy (non-hydrogen) atoms. The van der Waals surface area contributed by atoms with Crippen LogP contribution in [0.15, 0.2) is 10.9 Å². The minimum absolute atomic E-state index is 0.0823. The van der Waals surface area contributed by atoms with Gasteiger partial charge in [-0.1, -0.05) is 0 Å². The average Bonchev–Trinajstić information content (AvgIpc) is 2.90. The quantitative estimate of drug-likeness (QED) is 0.829. The lowest BCUT2D eigenvalue weighted by Gasteiger charge is -2.35. The Hall–Kier alpha value is -0.980. The zero-order valence-electron chi connectivity index (χ0n) is 10.6. The maximum Gasteiger partial charge on any atom is 0.228 e. The molecular weight excluding hydrogens is 250 g/mol. The molecule has 0 saturated carbocycles. The highest BCUT2D eigenvalue weighted by Crippen LogP contribution is 2.29. The summed E-state index contributed by atoms with van der Waals surface area (Å²) in [5.41, 5.74) is 2.31. The summed E-state index contributed by atoms with van der Waals surface area (Å²) in [6, 6.07) is 0. The number of amides is 1. The molecule has 0 spiro atoms. The van der Waals surface area contributed by atoms with Crippen molar-refractivity contribution in [2.24, 2.45) is 5.41 Å². The first-order chi connectivity index (χ1) is 8.77. The molecule has 1 aliphatic heterocycles. The van der Waals surface area contributed by atoms with Crippen molar-refractivity contribution in [3.63, 3.8) is 0 Å². The van der Waals surface area contributed by atoms with Crippen molar-refractivity contribution in [2.45, 2.75) is 19.4 Å². The summed E-state index contributed by atoms with van der Waals surface area (Å²) in [6.07, 6.45) is 1.65. The second-order valence-corrected chi connectivity index (χ2v) is 5.34. The van der Waals surface area contributed by atoms with Crippen LogP contribution in [0.1, 0.15) is 18.5 Å². The monoisotopic (exact) mass is 269 g/mol. The minimum Gasteiger partial charge on any atom is -0.384 e. The maximum absolute atomic E-state index is 12.4. The Bertz CT molecular complexity index is 369. The highest BCUT2D eigenvalue weighted by Gasteiger charge is 2.39. The van der Waals surface area contributed by atoms with Gasteiger partial charge < -0.3 is 15.4 Å². The molecule has 0 radical (unpaired) electrons. The molecule has 1 aromatic rings. The van der Waals surface area contributed by atoms with Crippen LogP contribution in [0.5, 0.6) is 0 Å².